The van der Waals surface area contributed by atoms with E-state index in [0.717, 1.165) is 43.2 Å². The summed E-state index contributed by atoms with van der Waals surface area (Å²) < 4.78 is 21.3. The molecule has 1 atom stereocenters. The largest absolute Gasteiger partial charge is 0.454 e. The van der Waals surface area contributed by atoms with E-state index in [1.54, 1.807) is 0 Å². The van der Waals surface area contributed by atoms with Crippen LogP contribution in [0.2, 0.25) is 0 Å². The smallest absolute Gasteiger partial charge is 0.231 e. The van der Waals surface area contributed by atoms with Crippen molar-refractivity contribution < 1.29 is 18.7 Å². The van der Waals surface area contributed by atoms with Crippen molar-refractivity contribution >= 4 is 0 Å². The molecule has 6 heteroatoms. The van der Waals surface area contributed by atoms with E-state index in [9.17, 15) is 0 Å². The van der Waals surface area contributed by atoms with Gasteiger partial charge in [0.25, 0.3) is 0 Å². The number of fused-ring (bicyclic) bond motifs is 1. The zero-order valence-corrected chi connectivity index (χ0v) is 11.6. The fourth-order valence-electron chi connectivity index (χ4n) is 2.62. The van der Waals surface area contributed by atoms with Gasteiger partial charge in [0.05, 0.1) is 6.61 Å². The minimum atomic E-state index is 0.285. The molecule has 2 aromatic rings. The van der Waals surface area contributed by atoms with Crippen LogP contribution in [0.4, 0.5) is 0 Å². The zero-order chi connectivity index (χ0) is 14.1. The molecule has 0 spiro atoms. The molecule has 3 heterocycles. The molecule has 0 N–H and O–H groups in total. The Balaban J connectivity index is 1.40. The summed E-state index contributed by atoms with van der Waals surface area (Å²) in [4.78, 5) is 4.47. The Morgan fingerprint density at radius 2 is 2.10 bits per heavy atom. The van der Waals surface area contributed by atoms with E-state index < -0.39 is 0 Å². The van der Waals surface area contributed by atoms with Gasteiger partial charge < -0.3 is 18.7 Å². The van der Waals surface area contributed by atoms with Gasteiger partial charge in [0.1, 0.15) is 0 Å². The quantitative estimate of drug-likeness (QED) is 0.858. The molecule has 6 nitrogen and oxygen atoms in total. The molecule has 2 aliphatic heterocycles. The predicted molar refractivity (Wildman–Crippen MR) is 72.4 cm³/mol. The van der Waals surface area contributed by atoms with E-state index in [2.05, 4.69) is 10.1 Å². The van der Waals surface area contributed by atoms with Crippen LogP contribution in [0.5, 0.6) is 11.5 Å². The Hall–Kier alpha value is -2.08. The third kappa shape index (κ3) is 2.58. The van der Waals surface area contributed by atoms with Gasteiger partial charge >= 0.3 is 0 Å². The number of benzene rings is 1. The van der Waals surface area contributed by atoms with Gasteiger partial charge in [-0.05, 0) is 30.5 Å². The SMILES string of the molecule is c1cc2c(cc1CCc1nc([C@H]3CCOC3)no1)OCO2. The third-order valence-electron chi connectivity index (χ3n) is 3.84. The van der Waals surface area contributed by atoms with E-state index in [4.69, 9.17) is 18.7 Å². The van der Waals surface area contributed by atoms with Crippen molar-refractivity contribution in [1.82, 2.24) is 10.1 Å². The molecule has 0 bridgehead atoms. The first kappa shape index (κ1) is 12.6. The van der Waals surface area contributed by atoms with Crippen LogP contribution in [0.3, 0.4) is 0 Å². The lowest BCUT2D eigenvalue weighted by molar-refractivity contribution is 0.174. The van der Waals surface area contributed by atoms with E-state index in [-0.39, 0.29) is 5.92 Å². The van der Waals surface area contributed by atoms with E-state index in [1.807, 2.05) is 18.2 Å². The van der Waals surface area contributed by atoms with Crippen molar-refractivity contribution in [3.63, 3.8) is 0 Å². The Bertz CT molecular complexity index is 634. The topological polar surface area (TPSA) is 66.6 Å². The molecule has 0 aliphatic carbocycles. The highest BCUT2D eigenvalue weighted by atomic mass is 16.7. The van der Waals surface area contributed by atoms with Crippen molar-refractivity contribution in [2.75, 3.05) is 20.0 Å². The maximum atomic E-state index is 5.38. The van der Waals surface area contributed by atoms with Crippen LogP contribution >= 0.6 is 0 Å². The van der Waals surface area contributed by atoms with Gasteiger partial charge in [-0.25, -0.2) is 0 Å². The second-order valence-electron chi connectivity index (χ2n) is 5.29. The summed E-state index contributed by atoms with van der Waals surface area (Å²) in [7, 11) is 0. The van der Waals surface area contributed by atoms with Gasteiger partial charge in [-0.15, -0.1) is 0 Å². The van der Waals surface area contributed by atoms with Crippen LogP contribution in [0, 0.1) is 0 Å². The third-order valence-corrected chi connectivity index (χ3v) is 3.84. The number of aromatic nitrogens is 2. The first-order valence-electron chi connectivity index (χ1n) is 7.17. The van der Waals surface area contributed by atoms with Crippen molar-refractivity contribution in [3.05, 3.63) is 35.5 Å². The van der Waals surface area contributed by atoms with Gasteiger partial charge in [-0.3, -0.25) is 0 Å². The van der Waals surface area contributed by atoms with Gasteiger partial charge in [0.15, 0.2) is 17.3 Å². The fraction of sp³-hybridized carbons (Fsp3) is 0.467. The van der Waals surface area contributed by atoms with Crippen LogP contribution in [0.1, 0.15) is 29.6 Å². The number of ether oxygens (including phenoxy) is 3. The van der Waals surface area contributed by atoms with Gasteiger partial charge in [-0.1, -0.05) is 11.2 Å². The first-order valence-corrected chi connectivity index (χ1v) is 7.17. The van der Waals surface area contributed by atoms with Crippen molar-refractivity contribution in [2.45, 2.75) is 25.2 Å². The standard InChI is InChI=1S/C15H16N2O4/c1-3-12-13(20-9-19-12)7-10(1)2-4-14-16-15(17-21-14)11-5-6-18-8-11/h1,3,7,11H,2,4-6,8-9H2/t11-/m0/s1. The van der Waals surface area contributed by atoms with Crippen LogP contribution in [-0.2, 0) is 17.6 Å². The minimum Gasteiger partial charge on any atom is -0.454 e. The Morgan fingerprint density at radius 3 is 3.00 bits per heavy atom. The lowest BCUT2D eigenvalue weighted by Gasteiger charge is -2.01. The van der Waals surface area contributed by atoms with Gasteiger partial charge in [-0.2, -0.15) is 4.98 Å². The Kier molecular flexibility index (Phi) is 3.23. The van der Waals surface area contributed by atoms with Gasteiger partial charge in [0.2, 0.25) is 12.7 Å². The molecule has 21 heavy (non-hydrogen) atoms. The zero-order valence-electron chi connectivity index (χ0n) is 11.6. The Labute approximate surface area is 122 Å². The number of hydrogen-bond acceptors (Lipinski definition) is 6. The van der Waals surface area contributed by atoms with Crippen molar-refractivity contribution in [2.24, 2.45) is 0 Å². The molecule has 1 aromatic carbocycles. The van der Waals surface area contributed by atoms with Crippen molar-refractivity contribution in [3.8, 4) is 11.5 Å². The first-order chi connectivity index (χ1) is 10.4. The molecule has 4 rings (SSSR count). The van der Waals surface area contributed by atoms with Crippen LogP contribution < -0.4 is 9.47 Å². The number of hydrogen-bond donors (Lipinski definition) is 0. The number of rotatable bonds is 4. The van der Waals surface area contributed by atoms with Gasteiger partial charge in [0, 0.05) is 18.9 Å². The normalized spacial score (nSPS) is 20.1. The molecule has 0 amide bonds. The average Bonchev–Trinajstić information content (AvgIpc) is 3.24. The molecule has 1 fully saturated rings. The summed E-state index contributed by atoms with van der Waals surface area (Å²) in [5, 5.41) is 4.06. The minimum absolute atomic E-state index is 0.285. The highest BCUT2D eigenvalue weighted by molar-refractivity contribution is 5.44. The molecule has 2 aliphatic rings. The maximum Gasteiger partial charge on any atom is 0.231 e. The number of aryl methyl sites for hydroxylation is 2. The molecule has 0 saturated carbocycles. The van der Waals surface area contributed by atoms with Crippen LogP contribution in [-0.4, -0.2) is 30.1 Å². The van der Waals surface area contributed by atoms with Crippen molar-refractivity contribution in [1.29, 1.82) is 0 Å². The summed E-state index contributed by atoms with van der Waals surface area (Å²) in [5.74, 6) is 3.35. The molecule has 0 radical (unpaired) electrons. The summed E-state index contributed by atoms with van der Waals surface area (Å²) >= 11 is 0. The number of nitrogens with zero attached hydrogens (tertiary/aromatic N) is 2. The Morgan fingerprint density at radius 1 is 1.14 bits per heavy atom. The average molecular weight is 288 g/mol. The van der Waals surface area contributed by atoms with E-state index in [0.29, 0.717) is 19.3 Å². The van der Waals surface area contributed by atoms with Crippen LogP contribution in [0.25, 0.3) is 0 Å². The van der Waals surface area contributed by atoms with Crippen LogP contribution in [0.15, 0.2) is 22.7 Å². The molecule has 1 aromatic heterocycles. The summed E-state index contributed by atoms with van der Waals surface area (Å²) in [6.45, 7) is 1.78. The molecule has 1 saturated heterocycles. The molecule has 110 valence electrons. The predicted octanol–water partition coefficient (Wildman–Crippen LogP) is 2.09. The summed E-state index contributed by atoms with van der Waals surface area (Å²) in [6, 6.07) is 5.98. The fourth-order valence-corrected chi connectivity index (χ4v) is 2.62. The summed E-state index contributed by atoms with van der Waals surface area (Å²) in [5.41, 5.74) is 1.17. The molecular formula is C15H16N2O4. The summed E-state index contributed by atoms with van der Waals surface area (Å²) in [6.07, 6.45) is 2.53. The molecule has 0 unspecified atom stereocenters. The second-order valence-corrected chi connectivity index (χ2v) is 5.29. The van der Waals surface area contributed by atoms with E-state index >= 15 is 0 Å². The highest BCUT2D eigenvalue weighted by Crippen LogP contribution is 2.32. The lowest BCUT2D eigenvalue weighted by Crippen LogP contribution is -2.00. The lowest BCUT2D eigenvalue weighted by atomic mass is 10.1. The monoisotopic (exact) mass is 288 g/mol. The maximum absolute atomic E-state index is 5.38. The van der Waals surface area contributed by atoms with E-state index in [1.165, 1.54) is 5.56 Å². The molecular weight excluding hydrogens is 272 g/mol. The second kappa shape index (κ2) is 5.37. The highest BCUT2D eigenvalue weighted by Gasteiger charge is 2.23.